The van der Waals surface area contributed by atoms with Crippen molar-refractivity contribution in [2.75, 3.05) is 14.2 Å². The molecule has 2 aromatic rings. The molecule has 0 radical (unpaired) electrons. The summed E-state index contributed by atoms with van der Waals surface area (Å²) in [5.74, 6) is 1.27. The number of thiazole rings is 1. The minimum atomic E-state index is 0.426. The predicted octanol–water partition coefficient (Wildman–Crippen LogP) is 2.64. The van der Waals surface area contributed by atoms with Crippen LogP contribution >= 0.6 is 11.3 Å². The first-order valence-electron chi connectivity index (χ1n) is 4.92. The van der Waals surface area contributed by atoms with Gasteiger partial charge >= 0.3 is 0 Å². The highest BCUT2D eigenvalue weighted by molar-refractivity contribution is 7.13. The van der Waals surface area contributed by atoms with Gasteiger partial charge in [0.2, 0.25) is 0 Å². The van der Waals surface area contributed by atoms with Crippen LogP contribution in [-0.2, 0) is 0 Å². The van der Waals surface area contributed by atoms with E-state index >= 15 is 0 Å². The molecule has 5 heteroatoms. The first-order valence-corrected chi connectivity index (χ1v) is 5.80. The van der Waals surface area contributed by atoms with Gasteiger partial charge in [-0.05, 0) is 12.1 Å². The average Bonchev–Trinajstić information content (AvgIpc) is 2.86. The smallest absolute Gasteiger partial charge is 0.170 e. The van der Waals surface area contributed by atoms with Crippen molar-refractivity contribution in [3.05, 3.63) is 29.3 Å². The van der Waals surface area contributed by atoms with Crippen molar-refractivity contribution in [2.45, 2.75) is 0 Å². The Morgan fingerprint density at radius 2 is 2.12 bits per heavy atom. The normalized spacial score (nSPS) is 10.0. The Morgan fingerprint density at radius 3 is 2.71 bits per heavy atom. The average molecular weight is 249 g/mol. The van der Waals surface area contributed by atoms with Gasteiger partial charge in [-0.15, -0.1) is 11.3 Å². The molecule has 0 unspecified atom stereocenters. The fourth-order valence-corrected chi connectivity index (χ4v) is 2.31. The van der Waals surface area contributed by atoms with E-state index in [1.807, 2.05) is 18.2 Å². The van der Waals surface area contributed by atoms with Gasteiger partial charge in [0, 0.05) is 5.38 Å². The molecule has 1 aromatic carbocycles. The first-order chi connectivity index (χ1) is 8.30. The minimum absolute atomic E-state index is 0.426. The molecule has 1 heterocycles. The van der Waals surface area contributed by atoms with Crippen LogP contribution in [-0.4, -0.2) is 25.5 Å². The topological polar surface area (TPSA) is 48.4 Å². The summed E-state index contributed by atoms with van der Waals surface area (Å²) in [6.07, 6.45) is 0.729. The van der Waals surface area contributed by atoms with Gasteiger partial charge in [-0.1, -0.05) is 6.07 Å². The fraction of sp³-hybridized carbons (Fsp3) is 0.167. The number of carbonyl (C=O) groups excluding carboxylic acids is 1. The molecule has 0 fully saturated rings. The molecule has 0 spiro atoms. The summed E-state index contributed by atoms with van der Waals surface area (Å²) in [6.45, 7) is 0. The van der Waals surface area contributed by atoms with Gasteiger partial charge < -0.3 is 9.47 Å². The lowest BCUT2D eigenvalue weighted by Gasteiger charge is -2.10. The summed E-state index contributed by atoms with van der Waals surface area (Å²) in [4.78, 5) is 14.8. The van der Waals surface area contributed by atoms with E-state index in [9.17, 15) is 4.79 Å². The lowest BCUT2D eigenvalue weighted by atomic mass is 10.2. The number of rotatable bonds is 4. The molecule has 0 aliphatic heterocycles. The van der Waals surface area contributed by atoms with Crippen LogP contribution in [0.1, 0.15) is 10.5 Å². The Balaban J connectivity index is 2.54. The van der Waals surface area contributed by atoms with E-state index in [-0.39, 0.29) is 0 Å². The highest BCUT2D eigenvalue weighted by Gasteiger charge is 2.14. The summed E-state index contributed by atoms with van der Waals surface area (Å²) >= 11 is 1.40. The summed E-state index contributed by atoms with van der Waals surface area (Å²) in [5, 5.41) is 2.45. The first kappa shape index (κ1) is 11.6. The SMILES string of the molecule is COc1cccc(-c2nc(C=O)cs2)c1OC. The number of methoxy groups -OCH3 is 2. The van der Waals surface area contributed by atoms with Gasteiger partial charge in [0.15, 0.2) is 17.8 Å². The number of ether oxygens (including phenoxy) is 2. The highest BCUT2D eigenvalue weighted by atomic mass is 32.1. The van der Waals surface area contributed by atoms with Crippen LogP contribution in [0.5, 0.6) is 11.5 Å². The lowest BCUT2D eigenvalue weighted by molar-refractivity contribution is 0.111. The maximum absolute atomic E-state index is 10.6. The number of hydrogen-bond donors (Lipinski definition) is 0. The van der Waals surface area contributed by atoms with Crippen LogP contribution in [0.2, 0.25) is 0 Å². The molecule has 0 N–H and O–H groups in total. The number of aldehydes is 1. The second-order valence-electron chi connectivity index (χ2n) is 3.24. The van der Waals surface area contributed by atoms with Gasteiger partial charge in [0.05, 0.1) is 19.8 Å². The zero-order chi connectivity index (χ0) is 12.3. The standard InChI is InChI=1S/C12H11NO3S/c1-15-10-5-3-4-9(11(10)16-2)12-13-8(6-14)7-17-12/h3-7H,1-2H3. The Hall–Kier alpha value is -1.88. The van der Waals surface area contributed by atoms with Crippen molar-refractivity contribution in [3.63, 3.8) is 0 Å². The molecule has 88 valence electrons. The molecule has 0 aliphatic rings. The van der Waals surface area contributed by atoms with Crippen LogP contribution in [0.4, 0.5) is 0 Å². The van der Waals surface area contributed by atoms with E-state index in [0.717, 1.165) is 16.9 Å². The molecule has 0 aliphatic carbocycles. The molecular formula is C12H11NO3S. The Labute approximate surface area is 103 Å². The van der Waals surface area contributed by atoms with Gasteiger partial charge in [0.1, 0.15) is 10.7 Å². The van der Waals surface area contributed by atoms with E-state index in [0.29, 0.717) is 17.2 Å². The van der Waals surface area contributed by atoms with Crippen molar-refractivity contribution < 1.29 is 14.3 Å². The Kier molecular flexibility index (Phi) is 3.39. The van der Waals surface area contributed by atoms with Gasteiger partial charge in [-0.2, -0.15) is 0 Å². The molecule has 0 saturated heterocycles. The molecule has 17 heavy (non-hydrogen) atoms. The highest BCUT2D eigenvalue weighted by Crippen LogP contribution is 2.38. The molecular weight excluding hydrogens is 238 g/mol. The zero-order valence-corrected chi connectivity index (χ0v) is 10.3. The quantitative estimate of drug-likeness (QED) is 0.781. The Morgan fingerprint density at radius 1 is 1.29 bits per heavy atom. The van der Waals surface area contributed by atoms with Crippen molar-refractivity contribution >= 4 is 17.6 Å². The summed E-state index contributed by atoms with van der Waals surface area (Å²) in [6, 6.07) is 5.56. The van der Waals surface area contributed by atoms with Gasteiger partial charge in [-0.25, -0.2) is 4.98 Å². The minimum Gasteiger partial charge on any atom is -0.493 e. The third-order valence-corrected chi connectivity index (χ3v) is 3.17. The van der Waals surface area contributed by atoms with Crippen molar-refractivity contribution in [1.82, 2.24) is 4.98 Å². The number of para-hydroxylation sites is 1. The second-order valence-corrected chi connectivity index (χ2v) is 4.09. The molecule has 2 rings (SSSR count). The molecule has 1 aromatic heterocycles. The molecule has 0 saturated carbocycles. The zero-order valence-electron chi connectivity index (χ0n) is 9.47. The van der Waals surface area contributed by atoms with Crippen LogP contribution < -0.4 is 9.47 Å². The summed E-state index contributed by atoms with van der Waals surface area (Å²) in [5.41, 5.74) is 1.25. The Bertz CT molecular complexity index is 536. The maximum Gasteiger partial charge on any atom is 0.170 e. The molecule has 0 bridgehead atoms. The largest absolute Gasteiger partial charge is 0.493 e. The molecule has 0 atom stereocenters. The number of nitrogens with zero attached hydrogens (tertiary/aromatic N) is 1. The van der Waals surface area contributed by atoms with E-state index in [1.165, 1.54) is 11.3 Å². The number of benzene rings is 1. The monoisotopic (exact) mass is 249 g/mol. The summed E-state index contributed by atoms with van der Waals surface area (Å²) < 4.78 is 10.5. The van der Waals surface area contributed by atoms with E-state index in [1.54, 1.807) is 19.6 Å². The third kappa shape index (κ3) is 2.14. The maximum atomic E-state index is 10.6. The number of hydrogen-bond acceptors (Lipinski definition) is 5. The van der Waals surface area contributed by atoms with Crippen LogP contribution in [0, 0.1) is 0 Å². The van der Waals surface area contributed by atoms with Crippen molar-refractivity contribution in [3.8, 4) is 22.1 Å². The predicted molar refractivity (Wildman–Crippen MR) is 66.0 cm³/mol. The van der Waals surface area contributed by atoms with Crippen LogP contribution in [0.3, 0.4) is 0 Å². The third-order valence-electron chi connectivity index (χ3n) is 2.28. The van der Waals surface area contributed by atoms with Crippen LogP contribution in [0.25, 0.3) is 10.6 Å². The van der Waals surface area contributed by atoms with E-state index in [2.05, 4.69) is 4.98 Å². The van der Waals surface area contributed by atoms with Gasteiger partial charge in [-0.3, -0.25) is 4.79 Å². The second kappa shape index (κ2) is 4.97. The van der Waals surface area contributed by atoms with E-state index < -0.39 is 0 Å². The van der Waals surface area contributed by atoms with E-state index in [4.69, 9.17) is 9.47 Å². The van der Waals surface area contributed by atoms with Crippen molar-refractivity contribution in [2.24, 2.45) is 0 Å². The summed E-state index contributed by atoms with van der Waals surface area (Å²) in [7, 11) is 3.16. The van der Waals surface area contributed by atoms with Crippen LogP contribution in [0.15, 0.2) is 23.6 Å². The number of aromatic nitrogens is 1. The lowest BCUT2D eigenvalue weighted by Crippen LogP contribution is -1.93. The fourth-order valence-electron chi connectivity index (χ4n) is 1.52. The van der Waals surface area contributed by atoms with Gasteiger partial charge in [0.25, 0.3) is 0 Å². The molecule has 4 nitrogen and oxygen atoms in total. The number of carbonyl (C=O) groups is 1. The molecule has 0 amide bonds. The van der Waals surface area contributed by atoms with Crippen molar-refractivity contribution in [1.29, 1.82) is 0 Å².